The number of hydrogen-bond acceptors (Lipinski definition) is 2. The number of ether oxygens (including phenoxy) is 1. The van der Waals surface area contributed by atoms with Crippen LogP contribution in [-0.2, 0) is 4.74 Å². The van der Waals surface area contributed by atoms with E-state index in [0.717, 1.165) is 36.8 Å². The van der Waals surface area contributed by atoms with Crippen LogP contribution in [0.5, 0.6) is 0 Å². The molecule has 2 nitrogen and oxygen atoms in total. The number of rotatable bonds is 8. The molecule has 1 aromatic carbocycles. The van der Waals surface area contributed by atoms with Gasteiger partial charge in [-0.3, -0.25) is 4.79 Å². The van der Waals surface area contributed by atoms with Crippen LogP contribution in [0.2, 0.25) is 0 Å². The van der Waals surface area contributed by atoms with Gasteiger partial charge in [-0.25, -0.2) is 0 Å². The molecule has 0 radical (unpaired) electrons. The van der Waals surface area contributed by atoms with Gasteiger partial charge in [0.15, 0.2) is 5.78 Å². The van der Waals surface area contributed by atoms with Crippen LogP contribution < -0.4 is 0 Å². The average Bonchev–Trinajstić information content (AvgIpc) is 2.52. The molecular weight excluding hydrogens is 260 g/mol. The van der Waals surface area contributed by atoms with E-state index in [9.17, 15) is 4.79 Å². The van der Waals surface area contributed by atoms with E-state index in [1.807, 2.05) is 36.4 Å². The van der Waals surface area contributed by atoms with Gasteiger partial charge in [0.25, 0.3) is 0 Å². The topological polar surface area (TPSA) is 26.3 Å². The zero-order valence-corrected chi connectivity index (χ0v) is 13.2. The fraction of sp³-hybridized carbons (Fsp3) is 0.526. The van der Waals surface area contributed by atoms with Crippen LogP contribution in [0.1, 0.15) is 68.3 Å². The van der Waals surface area contributed by atoms with Gasteiger partial charge in [0, 0.05) is 5.56 Å². The van der Waals surface area contributed by atoms with E-state index < -0.39 is 6.10 Å². The highest BCUT2D eigenvalue weighted by Crippen LogP contribution is 2.23. The lowest BCUT2D eigenvalue weighted by Crippen LogP contribution is -2.30. The molecule has 1 unspecified atom stereocenters. The average molecular weight is 286 g/mol. The van der Waals surface area contributed by atoms with Gasteiger partial charge in [0.05, 0.1) is 6.10 Å². The second-order valence-corrected chi connectivity index (χ2v) is 5.77. The molecule has 0 fully saturated rings. The molecule has 0 saturated carbocycles. The minimum absolute atomic E-state index is 0.103. The smallest absolute Gasteiger partial charge is 0.196 e. The monoisotopic (exact) mass is 286 g/mol. The molecule has 1 aromatic rings. The molecular formula is C19H26O2. The molecule has 1 aliphatic rings. The Hall–Kier alpha value is -1.41. The van der Waals surface area contributed by atoms with Crippen LogP contribution in [0.25, 0.3) is 6.08 Å². The molecule has 0 aliphatic heterocycles. The SMILES string of the molecule is CCCCC(CCCC)OC1C=Cc2ccccc2C1=O. The van der Waals surface area contributed by atoms with Crippen LogP contribution in [0, 0.1) is 0 Å². The maximum atomic E-state index is 12.5. The molecule has 0 amide bonds. The summed E-state index contributed by atoms with van der Waals surface area (Å²) in [6.07, 6.45) is 10.5. The predicted molar refractivity (Wildman–Crippen MR) is 87.5 cm³/mol. The van der Waals surface area contributed by atoms with Gasteiger partial charge in [0.2, 0.25) is 0 Å². The number of carbonyl (C=O) groups excluding carboxylic acids is 1. The standard InChI is InChI=1S/C19H26O2/c1-3-5-10-16(11-6-4-2)21-18-14-13-15-9-7-8-12-17(15)19(18)20/h7-9,12-14,16,18H,3-6,10-11H2,1-2H3. The van der Waals surface area contributed by atoms with Crippen molar-refractivity contribution in [2.45, 2.75) is 64.6 Å². The molecule has 0 N–H and O–H groups in total. The Bertz CT molecular complexity index is 482. The van der Waals surface area contributed by atoms with E-state index >= 15 is 0 Å². The number of benzene rings is 1. The highest BCUT2D eigenvalue weighted by molar-refractivity contribution is 6.06. The number of hydrogen-bond donors (Lipinski definition) is 0. The first-order valence-electron chi connectivity index (χ1n) is 8.23. The molecule has 0 aromatic heterocycles. The highest BCUT2D eigenvalue weighted by atomic mass is 16.5. The summed E-state index contributed by atoms with van der Waals surface area (Å²) in [4.78, 5) is 12.5. The van der Waals surface area contributed by atoms with Crippen molar-refractivity contribution in [3.63, 3.8) is 0 Å². The molecule has 114 valence electrons. The van der Waals surface area contributed by atoms with Crippen molar-refractivity contribution in [3.05, 3.63) is 41.5 Å². The molecule has 1 aliphatic carbocycles. The van der Waals surface area contributed by atoms with E-state index in [1.54, 1.807) is 0 Å². The normalized spacial score (nSPS) is 17.3. The first-order valence-corrected chi connectivity index (χ1v) is 8.23. The number of unbranched alkanes of at least 4 members (excludes halogenated alkanes) is 2. The lowest BCUT2D eigenvalue weighted by molar-refractivity contribution is 0.00653. The van der Waals surface area contributed by atoms with Crippen molar-refractivity contribution in [1.82, 2.24) is 0 Å². The molecule has 0 saturated heterocycles. The summed E-state index contributed by atoms with van der Waals surface area (Å²) in [5.74, 6) is 0.103. The second-order valence-electron chi connectivity index (χ2n) is 5.77. The fourth-order valence-electron chi connectivity index (χ4n) is 2.76. The Morgan fingerprint density at radius 3 is 2.43 bits per heavy atom. The van der Waals surface area contributed by atoms with Gasteiger partial charge in [-0.05, 0) is 24.5 Å². The van der Waals surface area contributed by atoms with Crippen molar-refractivity contribution >= 4 is 11.9 Å². The minimum atomic E-state index is -0.404. The predicted octanol–water partition coefficient (Wildman–Crippen LogP) is 5.03. The van der Waals surface area contributed by atoms with Gasteiger partial charge < -0.3 is 4.74 Å². The van der Waals surface area contributed by atoms with Crippen molar-refractivity contribution in [1.29, 1.82) is 0 Å². The van der Waals surface area contributed by atoms with Crippen LogP contribution >= 0.6 is 0 Å². The van der Waals surface area contributed by atoms with Crippen molar-refractivity contribution in [3.8, 4) is 0 Å². The third-order valence-corrected chi connectivity index (χ3v) is 4.03. The summed E-state index contributed by atoms with van der Waals surface area (Å²) in [7, 11) is 0. The number of carbonyl (C=O) groups is 1. The summed E-state index contributed by atoms with van der Waals surface area (Å²) < 4.78 is 6.13. The molecule has 0 heterocycles. The Labute approximate surface area is 128 Å². The van der Waals surface area contributed by atoms with E-state index in [4.69, 9.17) is 4.74 Å². The number of Topliss-reactive ketones (excluding diaryl/α,β-unsaturated/α-hetero) is 1. The van der Waals surface area contributed by atoms with Crippen molar-refractivity contribution in [2.24, 2.45) is 0 Å². The summed E-state index contributed by atoms with van der Waals surface area (Å²) in [5, 5.41) is 0. The summed E-state index contributed by atoms with van der Waals surface area (Å²) in [5.41, 5.74) is 1.79. The maximum absolute atomic E-state index is 12.5. The van der Waals surface area contributed by atoms with Crippen LogP contribution in [0.15, 0.2) is 30.3 Å². The minimum Gasteiger partial charge on any atom is -0.363 e. The first kappa shape index (κ1) is 16.0. The van der Waals surface area contributed by atoms with Crippen LogP contribution in [0.4, 0.5) is 0 Å². The Balaban J connectivity index is 2.02. The lowest BCUT2D eigenvalue weighted by atomic mass is 9.94. The van der Waals surface area contributed by atoms with E-state index in [1.165, 1.54) is 12.8 Å². The molecule has 0 bridgehead atoms. The van der Waals surface area contributed by atoms with Crippen molar-refractivity contribution in [2.75, 3.05) is 0 Å². The van der Waals surface area contributed by atoms with E-state index in [-0.39, 0.29) is 11.9 Å². The van der Waals surface area contributed by atoms with Gasteiger partial charge in [0.1, 0.15) is 6.10 Å². The summed E-state index contributed by atoms with van der Waals surface area (Å²) in [6.45, 7) is 4.39. The molecule has 21 heavy (non-hydrogen) atoms. The van der Waals surface area contributed by atoms with Crippen LogP contribution in [0.3, 0.4) is 0 Å². The molecule has 0 spiro atoms. The van der Waals surface area contributed by atoms with E-state index in [2.05, 4.69) is 13.8 Å². The zero-order chi connectivity index (χ0) is 15.1. The van der Waals surface area contributed by atoms with Gasteiger partial charge in [-0.2, -0.15) is 0 Å². The Morgan fingerprint density at radius 1 is 1.10 bits per heavy atom. The van der Waals surface area contributed by atoms with Gasteiger partial charge >= 0.3 is 0 Å². The largest absolute Gasteiger partial charge is 0.363 e. The quantitative estimate of drug-likeness (QED) is 0.670. The first-order chi connectivity index (χ1) is 10.3. The van der Waals surface area contributed by atoms with Gasteiger partial charge in [-0.15, -0.1) is 0 Å². The molecule has 2 heteroatoms. The van der Waals surface area contributed by atoms with Gasteiger partial charge in [-0.1, -0.05) is 69.9 Å². The highest BCUT2D eigenvalue weighted by Gasteiger charge is 2.26. The lowest BCUT2D eigenvalue weighted by Gasteiger charge is -2.25. The maximum Gasteiger partial charge on any atom is 0.196 e. The number of ketones is 1. The van der Waals surface area contributed by atoms with E-state index in [0.29, 0.717) is 0 Å². The summed E-state index contributed by atoms with van der Waals surface area (Å²) in [6, 6.07) is 7.75. The Morgan fingerprint density at radius 2 is 1.76 bits per heavy atom. The van der Waals surface area contributed by atoms with Crippen LogP contribution in [-0.4, -0.2) is 18.0 Å². The summed E-state index contributed by atoms with van der Waals surface area (Å²) >= 11 is 0. The molecule has 2 rings (SSSR count). The Kier molecular flexibility index (Phi) is 6.19. The third kappa shape index (κ3) is 4.28. The van der Waals surface area contributed by atoms with Crippen molar-refractivity contribution < 1.29 is 9.53 Å². The zero-order valence-electron chi connectivity index (χ0n) is 13.2. The molecule has 1 atom stereocenters. The third-order valence-electron chi connectivity index (χ3n) is 4.03. The number of fused-ring (bicyclic) bond motifs is 1. The second kappa shape index (κ2) is 8.14. The fourth-order valence-corrected chi connectivity index (χ4v) is 2.76.